The molecular formula is C13H23N3OS. The second-order valence-electron chi connectivity index (χ2n) is 4.38. The van der Waals surface area contributed by atoms with Crippen LogP contribution in [0.15, 0.2) is 12.1 Å². The number of nitrogen functional groups attached to an aromatic ring is 1. The van der Waals surface area contributed by atoms with Crippen LogP contribution in [-0.2, 0) is 0 Å². The largest absolute Gasteiger partial charge is 0.473 e. The number of hydrogen-bond acceptors (Lipinski definition) is 5. The van der Waals surface area contributed by atoms with Gasteiger partial charge in [-0.1, -0.05) is 0 Å². The minimum Gasteiger partial charge on any atom is -0.473 e. The zero-order chi connectivity index (χ0) is 13.4. The lowest BCUT2D eigenvalue weighted by Gasteiger charge is -2.12. The van der Waals surface area contributed by atoms with Gasteiger partial charge in [-0.05, 0) is 50.8 Å². The molecule has 1 heterocycles. The van der Waals surface area contributed by atoms with Gasteiger partial charge < -0.3 is 15.8 Å². The summed E-state index contributed by atoms with van der Waals surface area (Å²) in [6.07, 6.45) is 4.58. The van der Waals surface area contributed by atoms with E-state index in [0.717, 1.165) is 18.8 Å². The second kappa shape index (κ2) is 8.08. The smallest absolute Gasteiger partial charge is 0.239 e. The first-order valence-corrected chi connectivity index (χ1v) is 7.69. The number of anilines is 2. The Morgan fingerprint density at radius 2 is 2.17 bits per heavy atom. The average molecular weight is 269 g/mol. The molecule has 0 amide bonds. The van der Waals surface area contributed by atoms with Crippen molar-refractivity contribution >= 4 is 23.3 Å². The lowest BCUT2D eigenvalue weighted by atomic mass is 10.3. The molecule has 0 radical (unpaired) electrons. The van der Waals surface area contributed by atoms with Crippen molar-refractivity contribution in [2.75, 3.05) is 29.6 Å². The lowest BCUT2D eigenvalue weighted by Crippen LogP contribution is -2.11. The predicted molar refractivity (Wildman–Crippen MR) is 80.5 cm³/mol. The van der Waals surface area contributed by atoms with Crippen molar-refractivity contribution in [3.05, 3.63) is 12.1 Å². The van der Waals surface area contributed by atoms with Crippen LogP contribution in [0.3, 0.4) is 0 Å². The first-order chi connectivity index (χ1) is 8.63. The maximum absolute atomic E-state index is 5.81. The van der Waals surface area contributed by atoms with Crippen LogP contribution in [0.1, 0.15) is 26.7 Å². The van der Waals surface area contributed by atoms with Crippen molar-refractivity contribution in [2.24, 2.45) is 0 Å². The number of nitrogens with one attached hydrogen (secondary N) is 1. The standard InChI is InChI=1S/C13H23N3OS/c1-10(2)17-13-11(14)6-7-12(16-13)15-8-4-5-9-18-3/h6-7,10H,4-5,8-9,14H2,1-3H3,(H,15,16). The van der Waals surface area contributed by atoms with Gasteiger partial charge >= 0.3 is 0 Å². The zero-order valence-electron chi connectivity index (χ0n) is 11.4. The molecule has 0 atom stereocenters. The Morgan fingerprint density at radius 3 is 2.83 bits per heavy atom. The third kappa shape index (κ3) is 5.49. The lowest BCUT2D eigenvalue weighted by molar-refractivity contribution is 0.234. The number of nitrogens with zero attached hydrogens (tertiary/aromatic N) is 1. The minimum atomic E-state index is 0.0802. The van der Waals surface area contributed by atoms with Gasteiger partial charge in [0.1, 0.15) is 5.82 Å². The van der Waals surface area contributed by atoms with Crippen LogP contribution in [0.4, 0.5) is 11.5 Å². The molecule has 0 fully saturated rings. The highest BCUT2D eigenvalue weighted by atomic mass is 32.2. The molecule has 4 nitrogen and oxygen atoms in total. The topological polar surface area (TPSA) is 60.2 Å². The summed E-state index contributed by atoms with van der Waals surface area (Å²) in [5, 5.41) is 3.29. The van der Waals surface area contributed by atoms with Crippen LogP contribution >= 0.6 is 11.8 Å². The molecule has 0 aliphatic heterocycles. The number of nitrogens with two attached hydrogens (primary N) is 1. The first-order valence-electron chi connectivity index (χ1n) is 6.29. The number of hydrogen-bond donors (Lipinski definition) is 2. The third-order valence-corrected chi connectivity index (χ3v) is 3.02. The molecular weight excluding hydrogens is 246 g/mol. The Morgan fingerprint density at radius 1 is 1.39 bits per heavy atom. The monoisotopic (exact) mass is 269 g/mol. The van der Waals surface area contributed by atoms with Crippen molar-refractivity contribution in [1.82, 2.24) is 4.98 Å². The van der Waals surface area contributed by atoms with Gasteiger partial charge in [-0.15, -0.1) is 0 Å². The van der Waals surface area contributed by atoms with Crippen LogP contribution in [0, 0.1) is 0 Å². The molecule has 5 heteroatoms. The highest BCUT2D eigenvalue weighted by Gasteiger charge is 2.06. The molecule has 0 unspecified atom stereocenters. The molecule has 0 aromatic carbocycles. The van der Waals surface area contributed by atoms with E-state index in [2.05, 4.69) is 16.6 Å². The Hall–Kier alpha value is -1.10. The van der Waals surface area contributed by atoms with Crippen molar-refractivity contribution in [3.8, 4) is 5.88 Å². The van der Waals surface area contributed by atoms with E-state index in [4.69, 9.17) is 10.5 Å². The minimum absolute atomic E-state index is 0.0802. The molecule has 3 N–H and O–H groups in total. The van der Waals surface area contributed by atoms with Gasteiger partial charge in [0.2, 0.25) is 5.88 Å². The summed E-state index contributed by atoms with van der Waals surface area (Å²) in [5.41, 5.74) is 6.39. The molecule has 0 saturated heterocycles. The van der Waals surface area contributed by atoms with Gasteiger partial charge in [0.25, 0.3) is 0 Å². The predicted octanol–water partition coefficient (Wildman–Crippen LogP) is 3.01. The summed E-state index contributed by atoms with van der Waals surface area (Å²) in [6.45, 7) is 4.85. The number of pyridine rings is 1. The molecule has 1 rings (SSSR count). The normalized spacial score (nSPS) is 10.7. The average Bonchev–Trinajstić information content (AvgIpc) is 2.32. The Labute approximate surface area is 114 Å². The summed E-state index contributed by atoms with van der Waals surface area (Å²) < 4.78 is 5.55. The molecule has 18 heavy (non-hydrogen) atoms. The van der Waals surface area contributed by atoms with E-state index in [1.54, 1.807) is 0 Å². The van der Waals surface area contributed by atoms with Crippen LogP contribution < -0.4 is 15.8 Å². The van der Waals surface area contributed by atoms with Gasteiger partial charge in [0, 0.05) is 6.54 Å². The van der Waals surface area contributed by atoms with E-state index in [1.165, 1.54) is 12.2 Å². The number of unbranched alkanes of at least 4 members (excludes halogenated alkanes) is 1. The van der Waals surface area contributed by atoms with Crippen molar-refractivity contribution in [3.63, 3.8) is 0 Å². The van der Waals surface area contributed by atoms with E-state index >= 15 is 0 Å². The summed E-state index contributed by atoms with van der Waals surface area (Å²) in [4.78, 5) is 4.37. The maximum Gasteiger partial charge on any atom is 0.239 e. The first kappa shape index (κ1) is 15.0. The van der Waals surface area contributed by atoms with Gasteiger partial charge in [-0.3, -0.25) is 0 Å². The highest BCUT2D eigenvalue weighted by Crippen LogP contribution is 2.21. The summed E-state index contributed by atoms with van der Waals surface area (Å²) >= 11 is 1.88. The maximum atomic E-state index is 5.81. The number of ether oxygens (including phenoxy) is 1. The molecule has 0 spiro atoms. The van der Waals surface area contributed by atoms with Gasteiger partial charge in [-0.25, -0.2) is 0 Å². The third-order valence-electron chi connectivity index (χ3n) is 2.32. The molecule has 0 saturated carbocycles. The number of thioether (sulfide) groups is 1. The van der Waals surface area contributed by atoms with E-state index in [-0.39, 0.29) is 6.10 Å². The molecule has 1 aromatic heterocycles. The molecule has 0 bridgehead atoms. The Bertz CT molecular complexity index is 358. The van der Waals surface area contributed by atoms with Gasteiger partial charge in [0.05, 0.1) is 11.8 Å². The van der Waals surface area contributed by atoms with Crippen molar-refractivity contribution in [2.45, 2.75) is 32.8 Å². The quantitative estimate of drug-likeness (QED) is 0.710. The van der Waals surface area contributed by atoms with Gasteiger partial charge in [0.15, 0.2) is 0 Å². The molecule has 1 aromatic rings. The van der Waals surface area contributed by atoms with Crippen LogP contribution in [0.5, 0.6) is 5.88 Å². The van der Waals surface area contributed by atoms with E-state index in [9.17, 15) is 0 Å². The van der Waals surface area contributed by atoms with E-state index in [0.29, 0.717) is 11.6 Å². The molecule has 102 valence electrons. The second-order valence-corrected chi connectivity index (χ2v) is 5.37. The van der Waals surface area contributed by atoms with E-state index < -0.39 is 0 Å². The van der Waals surface area contributed by atoms with E-state index in [1.807, 2.05) is 37.7 Å². The fraction of sp³-hybridized carbons (Fsp3) is 0.615. The zero-order valence-corrected chi connectivity index (χ0v) is 12.2. The van der Waals surface area contributed by atoms with Crippen LogP contribution in [0.25, 0.3) is 0 Å². The Balaban J connectivity index is 2.46. The van der Waals surface area contributed by atoms with Crippen LogP contribution in [0.2, 0.25) is 0 Å². The van der Waals surface area contributed by atoms with Crippen molar-refractivity contribution in [1.29, 1.82) is 0 Å². The molecule has 0 aliphatic carbocycles. The van der Waals surface area contributed by atoms with Crippen LogP contribution in [-0.4, -0.2) is 29.6 Å². The van der Waals surface area contributed by atoms with Gasteiger partial charge in [-0.2, -0.15) is 16.7 Å². The number of rotatable bonds is 8. The fourth-order valence-electron chi connectivity index (χ4n) is 1.46. The number of aromatic nitrogens is 1. The Kier molecular flexibility index (Phi) is 6.72. The SMILES string of the molecule is CSCCCCNc1ccc(N)c(OC(C)C)n1. The summed E-state index contributed by atoms with van der Waals surface area (Å²) in [5.74, 6) is 2.54. The fourth-order valence-corrected chi connectivity index (χ4v) is 1.95. The highest BCUT2D eigenvalue weighted by molar-refractivity contribution is 7.98. The molecule has 0 aliphatic rings. The summed E-state index contributed by atoms with van der Waals surface area (Å²) in [6, 6.07) is 3.71. The summed E-state index contributed by atoms with van der Waals surface area (Å²) in [7, 11) is 0. The van der Waals surface area contributed by atoms with Crippen molar-refractivity contribution < 1.29 is 4.74 Å².